The molecular formula is C12H10BrNO2S. The Bertz CT molecular complexity index is 539. The minimum absolute atomic E-state index is 0.0242. The maximum absolute atomic E-state index is 11.7. The third-order valence-electron chi connectivity index (χ3n) is 2.08. The number of rotatable bonds is 4. The highest BCUT2D eigenvalue weighted by atomic mass is 79.9. The van der Waals surface area contributed by atoms with Gasteiger partial charge in [-0.25, -0.2) is 0 Å². The largest absolute Gasteiger partial charge is 0.485 e. The van der Waals surface area contributed by atoms with E-state index < -0.39 is 0 Å². The number of thiophene rings is 1. The molecule has 0 bridgehead atoms. The Morgan fingerprint density at radius 1 is 1.35 bits per heavy atom. The molecule has 88 valence electrons. The van der Waals surface area contributed by atoms with Crippen molar-refractivity contribution in [1.82, 2.24) is 0 Å². The molecule has 17 heavy (non-hydrogen) atoms. The van der Waals surface area contributed by atoms with E-state index in [0.29, 0.717) is 16.3 Å². The normalized spacial score (nSPS) is 10.2. The van der Waals surface area contributed by atoms with Gasteiger partial charge in [-0.2, -0.15) is 0 Å². The van der Waals surface area contributed by atoms with Gasteiger partial charge in [-0.1, -0.05) is 6.07 Å². The SMILES string of the molecule is Nc1cccc(OCC(=O)c2ccc(Br)s2)c1. The van der Waals surface area contributed by atoms with Crippen LogP contribution in [0, 0.1) is 0 Å². The van der Waals surface area contributed by atoms with E-state index in [0.717, 1.165) is 3.79 Å². The van der Waals surface area contributed by atoms with Crippen molar-refractivity contribution in [2.75, 3.05) is 12.3 Å². The molecule has 1 aromatic heterocycles. The molecule has 2 N–H and O–H groups in total. The molecule has 1 heterocycles. The van der Waals surface area contributed by atoms with Crippen LogP contribution < -0.4 is 10.5 Å². The van der Waals surface area contributed by atoms with Crippen molar-refractivity contribution in [3.63, 3.8) is 0 Å². The van der Waals surface area contributed by atoms with Crippen molar-refractivity contribution in [2.45, 2.75) is 0 Å². The fourth-order valence-electron chi connectivity index (χ4n) is 1.29. The summed E-state index contributed by atoms with van der Waals surface area (Å²) in [5.41, 5.74) is 6.23. The first kappa shape index (κ1) is 12.1. The summed E-state index contributed by atoms with van der Waals surface area (Å²) in [6.45, 7) is 0.0242. The highest BCUT2D eigenvalue weighted by Gasteiger charge is 2.09. The Balaban J connectivity index is 1.97. The predicted octanol–water partition coefficient (Wildman–Crippen LogP) is 3.35. The molecule has 0 unspecified atom stereocenters. The molecule has 3 nitrogen and oxygen atoms in total. The van der Waals surface area contributed by atoms with E-state index >= 15 is 0 Å². The highest BCUT2D eigenvalue weighted by Crippen LogP contribution is 2.23. The second-order valence-electron chi connectivity index (χ2n) is 3.39. The van der Waals surface area contributed by atoms with E-state index in [1.165, 1.54) is 11.3 Å². The lowest BCUT2D eigenvalue weighted by Gasteiger charge is -2.04. The van der Waals surface area contributed by atoms with Crippen LogP contribution >= 0.6 is 27.3 Å². The Kier molecular flexibility index (Phi) is 3.81. The summed E-state index contributed by atoms with van der Waals surface area (Å²) < 4.78 is 6.31. The second-order valence-corrected chi connectivity index (χ2v) is 5.85. The maximum Gasteiger partial charge on any atom is 0.210 e. The summed E-state index contributed by atoms with van der Waals surface area (Å²) in [7, 11) is 0. The number of benzene rings is 1. The summed E-state index contributed by atoms with van der Waals surface area (Å²) >= 11 is 4.71. The first-order chi connectivity index (χ1) is 8.15. The van der Waals surface area contributed by atoms with E-state index in [1.807, 2.05) is 6.07 Å². The van der Waals surface area contributed by atoms with Gasteiger partial charge >= 0.3 is 0 Å². The Labute approximate surface area is 111 Å². The number of nitrogens with two attached hydrogens (primary N) is 1. The van der Waals surface area contributed by atoms with Gasteiger partial charge in [0, 0.05) is 11.8 Å². The first-order valence-corrected chi connectivity index (χ1v) is 6.53. The molecule has 2 aromatic rings. The number of hydrogen-bond acceptors (Lipinski definition) is 4. The maximum atomic E-state index is 11.7. The van der Waals surface area contributed by atoms with Crippen molar-refractivity contribution in [3.8, 4) is 5.75 Å². The lowest BCUT2D eigenvalue weighted by atomic mass is 10.3. The summed E-state index contributed by atoms with van der Waals surface area (Å²) in [5, 5.41) is 0. The average Bonchev–Trinajstić information content (AvgIpc) is 2.73. The van der Waals surface area contributed by atoms with Crippen molar-refractivity contribution in [1.29, 1.82) is 0 Å². The zero-order chi connectivity index (χ0) is 12.3. The van der Waals surface area contributed by atoms with Gasteiger partial charge in [-0.15, -0.1) is 11.3 Å². The van der Waals surface area contributed by atoms with Crippen LogP contribution in [0.5, 0.6) is 5.75 Å². The van der Waals surface area contributed by atoms with Crippen molar-refractivity contribution >= 4 is 38.7 Å². The molecule has 0 radical (unpaired) electrons. The van der Waals surface area contributed by atoms with Gasteiger partial charge in [0.15, 0.2) is 6.61 Å². The molecule has 0 amide bonds. The van der Waals surface area contributed by atoms with Crippen LogP contribution in [0.2, 0.25) is 0 Å². The molecule has 0 fully saturated rings. The van der Waals surface area contributed by atoms with Crippen molar-refractivity contribution < 1.29 is 9.53 Å². The van der Waals surface area contributed by atoms with Gasteiger partial charge in [-0.05, 0) is 40.2 Å². The predicted molar refractivity (Wildman–Crippen MR) is 72.7 cm³/mol. The fraction of sp³-hybridized carbons (Fsp3) is 0.0833. The Morgan fingerprint density at radius 3 is 2.82 bits per heavy atom. The van der Waals surface area contributed by atoms with Crippen molar-refractivity contribution in [2.24, 2.45) is 0 Å². The molecule has 0 aliphatic carbocycles. The molecule has 0 atom stereocenters. The molecule has 2 rings (SSSR count). The number of ketones is 1. The number of ether oxygens (including phenoxy) is 1. The number of Topliss-reactive ketones (excluding diaryl/α,β-unsaturated/α-hetero) is 1. The van der Waals surface area contributed by atoms with Gasteiger partial charge in [0.05, 0.1) is 8.66 Å². The zero-order valence-electron chi connectivity index (χ0n) is 8.85. The number of halogens is 1. The number of nitrogen functional groups attached to an aromatic ring is 1. The smallest absolute Gasteiger partial charge is 0.210 e. The molecule has 0 saturated carbocycles. The number of anilines is 1. The summed E-state index contributed by atoms with van der Waals surface area (Å²) in [6, 6.07) is 10.6. The van der Waals surface area contributed by atoms with Crippen molar-refractivity contribution in [3.05, 3.63) is 45.1 Å². The molecule has 1 aromatic carbocycles. The highest BCUT2D eigenvalue weighted by molar-refractivity contribution is 9.11. The van der Waals surface area contributed by atoms with Gasteiger partial charge in [0.2, 0.25) is 5.78 Å². The lowest BCUT2D eigenvalue weighted by Crippen LogP contribution is -2.10. The van der Waals surface area contributed by atoms with Crippen LogP contribution in [0.3, 0.4) is 0 Å². The van der Waals surface area contributed by atoms with Gasteiger partial charge in [0.1, 0.15) is 5.75 Å². The van der Waals surface area contributed by atoms with Crippen LogP contribution in [0.1, 0.15) is 9.67 Å². The van der Waals surface area contributed by atoms with E-state index in [1.54, 1.807) is 30.3 Å². The molecule has 0 aliphatic rings. The minimum atomic E-state index is -0.0388. The molecule has 0 saturated heterocycles. The number of carbonyl (C=O) groups excluding carboxylic acids is 1. The summed E-state index contributed by atoms with van der Waals surface area (Å²) in [4.78, 5) is 12.4. The van der Waals surface area contributed by atoms with Crippen LogP contribution in [0.25, 0.3) is 0 Å². The van der Waals surface area contributed by atoms with E-state index in [2.05, 4.69) is 15.9 Å². The minimum Gasteiger partial charge on any atom is -0.485 e. The van der Waals surface area contributed by atoms with Crippen LogP contribution in [-0.2, 0) is 0 Å². The standard InChI is InChI=1S/C12H10BrNO2S/c13-12-5-4-11(17-12)10(15)7-16-9-3-1-2-8(14)6-9/h1-6H,7,14H2. The summed E-state index contributed by atoms with van der Waals surface area (Å²) in [5.74, 6) is 0.567. The van der Waals surface area contributed by atoms with Crippen LogP contribution in [-0.4, -0.2) is 12.4 Å². The van der Waals surface area contributed by atoms with Gasteiger partial charge < -0.3 is 10.5 Å². The van der Waals surface area contributed by atoms with E-state index in [9.17, 15) is 4.79 Å². The van der Waals surface area contributed by atoms with Crippen LogP contribution in [0.4, 0.5) is 5.69 Å². The molecule has 5 heteroatoms. The van der Waals surface area contributed by atoms with E-state index in [4.69, 9.17) is 10.5 Å². The third-order valence-corrected chi connectivity index (χ3v) is 3.74. The molecule has 0 spiro atoms. The zero-order valence-corrected chi connectivity index (χ0v) is 11.3. The van der Waals surface area contributed by atoms with E-state index in [-0.39, 0.29) is 12.4 Å². The average molecular weight is 312 g/mol. The molecular weight excluding hydrogens is 302 g/mol. The second kappa shape index (κ2) is 5.33. The quantitative estimate of drug-likeness (QED) is 0.696. The summed E-state index contributed by atoms with van der Waals surface area (Å²) in [6.07, 6.45) is 0. The fourth-order valence-corrected chi connectivity index (χ4v) is 2.60. The first-order valence-electron chi connectivity index (χ1n) is 4.92. The Morgan fingerprint density at radius 2 is 2.18 bits per heavy atom. The van der Waals surface area contributed by atoms with Gasteiger partial charge in [-0.3, -0.25) is 4.79 Å². The topological polar surface area (TPSA) is 52.3 Å². The lowest BCUT2D eigenvalue weighted by molar-refractivity contribution is 0.0925. The van der Waals surface area contributed by atoms with Gasteiger partial charge in [0.25, 0.3) is 0 Å². The van der Waals surface area contributed by atoms with Crippen LogP contribution in [0.15, 0.2) is 40.2 Å². The molecule has 0 aliphatic heterocycles. The third kappa shape index (κ3) is 3.31. The Hall–Kier alpha value is -1.33. The monoisotopic (exact) mass is 311 g/mol. The number of carbonyl (C=O) groups is 1. The number of hydrogen-bond donors (Lipinski definition) is 1.